The summed E-state index contributed by atoms with van der Waals surface area (Å²) in [5.41, 5.74) is 2.54. The van der Waals surface area contributed by atoms with Gasteiger partial charge in [-0.3, -0.25) is 9.37 Å². The summed E-state index contributed by atoms with van der Waals surface area (Å²) in [5.74, 6) is 2.97. The summed E-state index contributed by atoms with van der Waals surface area (Å²) in [6, 6.07) is 7.63. The zero-order valence-electron chi connectivity index (χ0n) is 24.3. The zero-order chi connectivity index (χ0) is 27.6. The molecule has 1 amide bonds. The maximum atomic E-state index is 12.6. The molecule has 7 rings (SSSR count). The van der Waals surface area contributed by atoms with Gasteiger partial charge in [-0.05, 0) is 71.0 Å². The van der Waals surface area contributed by atoms with Crippen LogP contribution < -0.4 is 10.1 Å². The molecule has 1 spiro atoms. The monoisotopic (exact) mass is 549 g/mol. The molecule has 1 N–H and O–H groups in total. The average molecular weight is 550 g/mol. The van der Waals surface area contributed by atoms with Gasteiger partial charge in [0, 0.05) is 25.4 Å². The van der Waals surface area contributed by atoms with Crippen molar-refractivity contribution < 1.29 is 18.8 Å². The standard InChI is InChI=1S/C31H45N6O3/c1-5-28(38)35-14-13-34(19-24(35)18-32-3)29-25-10-11-31(16-22-15-21(2)8-9-27(22)40-31)17-26(25)36-30(37(29)36)39-20-23-7-6-12-33(23)4/h5,8-9,15,23-26,30,32H,1,6-7,10-14,16-20H2,2-4H3/q+1/t23?,24?,25?,26?,30?,31-,36?/m0/s1. The minimum absolute atomic E-state index is 0.00186. The van der Waals surface area contributed by atoms with E-state index in [4.69, 9.17) is 9.47 Å². The van der Waals surface area contributed by atoms with Crippen LogP contribution in [0.4, 0.5) is 0 Å². The van der Waals surface area contributed by atoms with Crippen LogP contribution in [0.25, 0.3) is 0 Å². The van der Waals surface area contributed by atoms with E-state index in [1.807, 2.05) is 11.9 Å². The third-order valence-corrected chi connectivity index (χ3v) is 10.4. The number of amides is 1. The van der Waals surface area contributed by atoms with Crippen molar-refractivity contribution in [3.05, 3.63) is 42.0 Å². The number of rotatable bonds is 6. The molecular weight excluding hydrogens is 504 g/mol. The van der Waals surface area contributed by atoms with Gasteiger partial charge in [0.15, 0.2) is 0 Å². The highest BCUT2D eigenvalue weighted by molar-refractivity contribution is 5.88. The Morgan fingerprint density at radius 3 is 2.95 bits per heavy atom. The molecule has 5 heterocycles. The Morgan fingerprint density at radius 2 is 2.17 bits per heavy atom. The summed E-state index contributed by atoms with van der Waals surface area (Å²) < 4.78 is 16.0. The van der Waals surface area contributed by atoms with E-state index in [0.29, 0.717) is 24.5 Å². The number of piperazine rings is 1. The van der Waals surface area contributed by atoms with Crippen molar-refractivity contribution in [2.45, 2.75) is 75.5 Å². The van der Waals surface area contributed by atoms with Crippen LogP contribution in [0.15, 0.2) is 30.9 Å². The Bertz CT molecular complexity index is 1220. The fourth-order valence-corrected chi connectivity index (χ4v) is 8.32. The van der Waals surface area contributed by atoms with E-state index in [-0.39, 0.29) is 23.9 Å². The van der Waals surface area contributed by atoms with Crippen molar-refractivity contribution >= 4 is 11.7 Å². The van der Waals surface area contributed by atoms with Crippen molar-refractivity contribution in [2.24, 2.45) is 5.92 Å². The van der Waals surface area contributed by atoms with Gasteiger partial charge in [-0.25, -0.2) is 0 Å². The van der Waals surface area contributed by atoms with Gasteiger partial charge < -0.3 is 24.6 Å². The SMILES string of the molecule is C=CC(=O)N1CC[N+](=C2C3CC[C@]4(Cc5cc(C)ccc5O4)CC3N3C(OCC4CCCN4C)N23)CC1CNC. The Morgan fingerprint density at radius 1 is 1.30 bits per heavy atom. The van der Waals surface area contributed by atoms with Gasteiger partial charge in [-0.2, -0.15) is 0 Å². The largest absolute Gasteiger partial charge is 0.487 e. The van der Waals surface area contributed by atoms with Gasteiger partial charge in [0.25, 0.3) is 5.84 Å². The van der Waals surface area contributed by atoms with Crippen LogP contribution in [0.3, 0.4) is 0 Å². The van der Waals surface area contributed by atoms with Gasteiger partial charge >= 0.3 is 6.35 Å². The van der Waals surface area contributed by atoms with Crippen LogP contribution in [-0.4, -0.2) is 120 Å². The van der Waals surface area contributed by atoms with Crippen LogP contribution in [-0.2, 0) is 16.0 Å². The number of likely N-dealkylation sites (tertiary alicyclic amines) is 1. The molecular formula is C31H45N6O3+. The van der Waals surface area contributed by atoms with Crippen LogP contribution in [0, 0.1) is 12.8 Å². The number of benzene rings is 1. The number of aryl methyl sites for hydroxylation is 1. The summed E-state index contributed by atoms with van der Waals surface area (Å²) in [6.07, 6.45) is 8.12. The van der Waals surface area contributed by atoms with Crippen LogP contribution in [0.2, 0.25) is 0 Å². The van der Waals surface area contributed by atoms with Gasteiger partial charge in [0.2, 0.25) is 5.91 Å². The second kappa shape index (κ2) is 10.1. The van der Waals surface area contributed by atoms with Crippen molar-refractivity contribution in [1.82, 2.24) is 25.1 Å². The molecule has 5 aliphatic heterocycles. The fourth-order valence-electron chi connectivity index (χ4n) is 8.32. The minimum Gasteiger partial charge on any atom is -0.487 e. The number of carbonyl (C=O) groups excluding carboxylic acids is 1. The predicted molar refractivity (Wildman–Crippen MR) is 153 cm³/mol. The second-order valence-electron chi connectivity index (χ2n) is 12.9. The molecule has 6 unspecified atom stereocenters. The Balaban J connectivity index is 1.15. The number of hydrogen-bond acceptors (Lipinski definition) is 6. The van der Waals surface area contributed by atoms with E-state index in [9.17, 15) is 4.79 Å². The number of amidine groups is 1. The normalized spacial score (nSPS) is 38.3. The second-order valence-corrected chi connectivity index (χ2v) is 12.9. The third kappa shape index (κ3) is 4.37. The van der Waals surface area contributed by atoms with Crippen LogP contribution in [0.5, 0.6) is 5.75 Å². The number of hydrazine groups is 1. The lowest BCUT2D eigenvalue weighted by Crippen LogP contribution is -2.58. The topological polar surface area (TPSA) is 63.1 Å². The number of carbonyl (C=O) groups is 1. The minimum atomic E-state index is -0.124. The Hall–Kier alpha value is -2.46. The molecule has 9 heteroatoms. The van der Waals surface area contributed by atoms with Gasteiger partial charge in [-0.15, -0.1) is 5.01 Å². The third-order valence-electron chi connectivity index (χ3n) is 10.4. The molecule has 4 saturated heterocycles. The van der Waals surface area contributed by atoms with Crippen molar-refractivity contribution in [1.29, 1.82) is 0 Å². The van der Waals surface area contributed by atoms with Crippen LogP contribution in [0.1, 0.15) is 43.2 Å². The maximum absolute atomic E-state index is 12.6. The molecule has 6 aliphatic rings. The number of ether oxygens (including phenoxy) is 2. The average Bonchev–Trinajstić information content (AvgIpc) is 3.18. The predicted octanol–water partition coefficient (Wildman–Crippen LogP) is 1.81. The molecule has 0 radical (unpaired) electrons. The molecule has 9 nitrogen and oxygen atoms in total. The van der Waals surface area contributed by atoms with E-state index < -0.39 is 0 Å². The number of nitrogens with one attached hydrogen (secondary N) is 1. The van der Waals surface area contributed by atoms with Crippen molar-refractivity contribution in [2.75, 3.05) is 53.4 Å². The van der Waals surface area contributed by atoms with E-state index in [1.165, 1.54) is 35.9 Å². The number of hydrogen-bond donors (Lipinski definition) is 1. The molecule has 1 aromatic carbocycles. The first-order valence-corrected chi connectivity index (χ1v) is 15.3. The summed E-state index contributed by atoms with van der Waals surface area (Å²) in [7, 11) is 4.18. The van der Waals surface area contributed by atoms with E-state index in [2.05, 4.69) is 63.6 Å². The van der Waals surface area contributed by atoms with Crippen molar-refractivity contribution in [3.63, 3.8) is 0 Å². The highest BCUT2D eigenvalue weighted by Gasteiger charge is 2.74. The molecule has 1 aromatic rings. The van der Waals surface area contributed by atoms with Gasteiger partial charge in [0.1, 0.15) is 24.4 Å². The van der Waals surface area contributed by atoms with Crippen LogP contribution >= 0.6 is 0 Å². The smallest absolute Gasteiger partial charge is 0.311 e. The Kier molecular flexibility index (Phi) is 6.69. The van der Waals surface area contributed by atoms with Crippen molar-refractivity contribution in [3.8, 4) is 5.75 Å². The number of likely N-dealkylation sites (N-methyl/N-ethyl adjacent to an activating group) is 2. The quantitative estimate of drug-likeness (QED) is 0.330. The highest BCUT2D eigenvalue weighted by Crippen LogP contribution is 2.54. The molecule has 216 valence electrons. The lowest BCUT2D eigenvalue weighted by Gasteiger charge is -2.39. The zero-order valence-corrected chi connectivity index (χ0v) is 24.3. The lowest BCUT2D eigenvalue weighted by atomic mass is 9.73. The number of nitrogens with zero attached hydrogens (tertiary/aromatic N) is 5. The molecule has 0 aromatic heterocycles. The molecule has 7 atom stereocenters. The first-order valence-electron chi connectivity index (χ1n) is 15.3. The lowest BCUT2D eigenvalue weighted by molar-refractivity contribution is -0.550. The summed E-state index contributed by atoms with van der Waals surface area (Å²) in [6.45, 7) is 11.0. The summed E-state index contributed by atoms with van der Waals surface area (Å²) in [5, 5.41) is 8.28. The van der Waals surface area contributed by atoms with Gasteiger partial charge in [0.05, 0.1) is 31.2 Å². The number of fused-ring (bicyclic) bond motifs is 4. The molecule has 0 bridgehead atoms. The van der Waals surface area contributed by atoms with Gasteiger partial charge in [-0.1, -0.05) is 29.3 Å². The molecule has 1 aliphatic carbocycles. The molecule has 5 fully saturated rings. The molecule has 40 heavy (non-hydrogen) atoms. The fraction of sp³-hybridized carbons (Fsp3) is 0.677. The first kappa shape index (κ1) is 26.4. The highest BCUT2D eigenvalue weighted by atomic mass is 16.6. The maximum Gasteiger partial charge on any atom is 0.311 e. The summed E-state index contributed by atoms with van der Waals surface area (Å²) >= 11 is 0. The van der Waals surface area contributed by atoms with E-state index >= 15 is 0 Å². The van der Waals surface area contributed by atoms with E-state index in [0.717, 1.165) is 64.2 Å². The Labute approximate surface area is 238 Å². The molecule has 1 saturated carbocycles. The first-order chi connectivity index (χ1) is 19.4. The summed E-state index contributed by atoms with van der Waals surface area (Å²) in [4.78, 5) is 17.1. The van der Waals surface area contributed by atoms with E-state index in [1.54, 1.807) is 0 Å².